The summed E-state index contributed by atoms with van der Waals surface area (Å²) in [5.41, 5.74) is 2.51. The van der Waals surface area contributed by atoms with Gasteiger partial charge in [-0.2, -0.15) is 0 Å². The maximum atomic E-state index is 14.5. The SMILES string of the molecule is CCCCCC[C@H](O)c1cccc(OCc2ccccc2)c1F.O[C@@H](CBr)c1cccc(OCc2ccccc2)c1F. The van der Waals surface area contributed by atoms with Crippen LogP contribution in [0, 0.1) is 11.6 Å². The van der Waals surface area contributed by atoms with Gasteiger partial charge in [0.05, 0.1) is 12.2 Å². The van der Waals surface area contributed by atoms with Crippen LogP contribution < -0.4 is 9.47 Å². The van der Waals surface area contributed by atoms with Crippen molar-refractivity contribution in [2.75, 3.05) is 5.33 Å². The van der Waals surface area contributed by atoms with E-state index in [-0.39, 0.29) is 22.4 Å². The normalized spacial score (nSPS) is 12.1. The maximum Gasteiger partial charge on any atom is 0.170 e. The zero-order chi connectivity index (χ0) is 30.2. The molecule has 42 heavy (non-hydrogen) atoms. The molecular formula is C35H39BrF2O4. The van der Waals surface area contributed by atoms with Gasteiger partial charge in [-0.05, 0) is 29.7 Å². The molecule has 4 aromatic carbocycles. The fourth-order valence-corrected chi connectivity index (χ4v) is 4.62. The van der Waals surface area contributed by atoms with Gasteiger partial charge in [-0.25, -0.2) is 8.78 Å². The number of unbranched alkanes of at least 4 members (excludes halogenated alkanes) is 3. The Labute approximate surface area is 256 Å². The molecular weight excluding hydrogens is 602 g/mol. The first-order chi connectivity index (χ1) is 20.4. The lowest BCUT2D eigenvalue weighted by atomic mass is 10.0. The third kappa shape index (κ3) is 10.5. The van der Waals surface area contributed by atoms with Crippen LogP contribution in [0.2, 0.25) is 0 Å². The molecule has 0 aliphatic carbocycles. The van der Waals surface area contributed by atoms with Crippen molar-refractivity contribution in [1.82, 2.24) is 0 Å². The summed E-state index contributed by atoms with van der Waals surface area (Å²) in [6, 6.07) is 28.9. The highest BCUT2D eigenvalue weighted by Crippen LogP contribution is 2.29. The smallest absolute Gasteiger partial charge is 0.170 e. The molecule has 0 radical (unpaired) electrons. The van der Waals surface area contributed by atoms with E-state index >= 15 is 0 Å². The average molecular weight is 642 g/mol. The summed E-state index contributed by atoms with van der Waals surface area (Å²) in [6.07, 6.45) is 3.21. The molecule has 0 heterocycles. The standard InChI is InChI=1S/C20H25FO2.C15H14BrFO2/c1-2-3-4-8-13-18(22)17-12-9-14-19(20(17)21)23-15-16-10-6-5-7-11-16;16-9-13(18)12-7-4-8-14(15(12)17)19-10-11-5-2-1-3-6-11/h5-7,9-12,14,18,22H,2-4,8,13,15H2,1H3;1-8,13,18H,9-10H2/t18-;13-/m00/s1. The topological polar surface area (TPSA) is 58.9 Å². The van der Waals surface area contributed by atoms with Crippen molar-refractivity contribution in [2.24, 2.45) is 0 Å². The molecule has 7 heteroatoms. The summed E-state index contributed by atoms with van der Waals surface area (Å²) in [6.45, 7) is 2.75. The molecule has 0 aliphatic heterocycles. The summed E-state index contributed by atoms with van der Waals surface area (Å²) in [5.74, 6) is -0.614. The van der Waals surface area contributed by atoms with Gasteiger partial charge in [0.15, 0.2) is 23.1 Å². The van der Waals surface area contributed by atoms with E-state index in [1.807, 2.05) is 60.7 Å². The van der Waals surface area contributed by atoms with Crippen molar-refractivity contribution in [3.8, 4) is 11.5 Å². The lowest BCUT2D eigenvalue weighted by Crippen LogP contribution is -2.04. The number of hydrogen-bond donors (Lipinski definition) is 2. The Kier molecular flexibility index (Phi) is 14.5. The first-order valence-electron chi connectivity index (χ1n) is 14.3. The van der Waals surface area contributed by atoms with Gasteiger partial charge in [-0.3, -0.25) is 0 Å². The van der Waals surface area contributed by atoms with E-state index in [0.717, 1.165) is 36.8 Å². The first-order valence-corrected chi connectivity index (χ1v) is 15.4. The Hall–Kier alpha value is -3.26. The molecule has 4 nitrogen and oxygen atoms in total. The van der Waals surface area contributed by atoms with Gasteiger partial charge in [0, 0.05) is 16.5 Å². The van der Waals surface area contributed by atoms with Crippen molar-refractivity contribution in [2.45, 2.75) is 64.4 Å². The van der Waals surface area contributed by atoms with E-state index in [1.165, 1.54) is 0 Å². The van der Waals surface area contributed by atoms with E-state index in [9.17, 15) is 19.0 Å². The lowest BCUT2D eigenvalue weighted by molar-refractivity contribution is 0.157. The minimum atomic E-state index is -0.875. The number of halogens is 3. The molecule has 0 saturated carbocycles. The van der Waals surface area contributed by atoms with Gasteiger partial charge in [-0.15, -0.1) is 0 Å². The van der Waals surface area contributed by atoms with Crippen molar-refractivity contribution in [1.29, 1.82) is 0 Å². The zero-order valence-electron chi connectivity index (χ0n) is 23.9. The monoisotopic (exact) mass is 640 g/mol. The van der Waals surface area contributed by atoms with E-state index in [2.05, 4.69) is 22.9 Å². The fourth-order valence-electron chi connectivity index (χ4n) is 4.27. The molecule has 0 bridgehead atoms. The molecule has 0 fully saturated rings. The summed E-state index contributed by atoms with van der Waals surface area (Å²) >= 11 is 3.13. The average Bonchev–Trinajstić information content (AvgIpc) is 3.03. The Bertz CT molecular complexity index is 1320. The third-order valence-electron chi connectivity index (χ3n) is 6.66. The summed E-state index contributed by atoms with van der Waals surface area (Å²) in [7, 11) is 0. The van der Waals surface area contributed by atoms with Crippen LogP contribution in [-0.2, 0) is 13.2 Å². The largest absolute Gasteiger partial charge is 0.486 e. The van der Waals surface area contributed by atoms with E-state index in [4.69, 9.17) is 9.47 Å². The predicted molar refractivity (Wildman–Crippen MR) is 167 cm³/mol. The Morgan fingerprint density at radius 2 is 1.10 bits per heavy atom. The highest BCUT2D eigenvalue weighted by Gasteiger charge is 2.17. The maximum absolute atomic E-state index is 14.5. The van der Waals surface area contributed by atoms with Crippen LogP contribution in [0.5, 0.6) is 11.5 Å². The number of aliphatic hydroxyl groups is 2. The quantitative estimate of drug-likeness (QED) is 0.107. The molecule has 0 aromatic heterocycles. The van der Waals surface area contributed by atoms with Crippen LogP contribution in [0.25, 0.3) is 0 Å². The fraction of sp³-hybridized carbons (Fsp3) is 0.314. The van der Waals surface area contributed by atoms with Crippen LogP contribution >= 0.6 is 15.9 Å². The second-order valence-electron chi connectivity index (χ2n) is 9.90. The van der Waals surface area contributed by atoms with Crippen LogP contribution in [0.3, 0.4) is 0 Å². The number of hydrogen-bond acceptors (Lipinski definition) is 4. The summed E-state index contributed by atoms with van der Waals surface area (Å²) in [5, 5.41) is 20.2. The number of ether oxygens (including phenoxy) is 2. The lowest BCUT2D eigenvalue weighted by Gasteiger charge is -2.15. The van der Waals surface area contributed by atoms with E-state index in [1.54, 1.807) is 36.4 Å². The van der Waals surface area contributed by atoms with E-state index < -0.39 is 23.8 Å². The van der Waals surface area contributed by atoms with Crippen LogP contribution in [0.15, 0.2) is 97.1 Å². The highest BCUT2D eigenvalue weighted by atomic mass is 79.9. The second-order valence-corrected chi connectivity index (χ2v) is 10.5. The minimum Gasteiger partial charge on any atom is -0.486 e. The molecule has 0 spiro atoms. The molecule has 0 saturated heterocycles. The minimum absolute atomic E-state index is 0.154. The zero-order valence-corrected chi connectivity index (χ0v) is 25.5. The summed E-state index contributed by atoms with van der Waals surface area (Å²) in [4.78, 5) is 0. The molecule has 4 aromatic rings. The number of alkyl halides is 1. The number of benzene rings is 4. The third-order valence-corrected chi connectivity index (χ3v) is 7.27. The van der Waals surface area contributed by atoms with E-state index in [0.29, 0.717) is 25.2 Å². The molecule has 0 aliphatic rings. The summed E-state index contributed by atoms with van der Waals surface area (Å²) < 4.78 is 39.7. The van der Waals surface area contributed by atoms with Crippen LogP contribution in [-0.4, -0.2) is 15.5 Å². The van der Waals surface area contributed by atoms with Crippen molar-refractivity contribution < 1.29 is 28.5 Å². The van der Waals surface area contributed by atoms with Crippen molar-refractivity contribution >= 4 is 15.9 Å². The van der Waals surface area contributed by atoms with Crippen LogP contribution in [0.4, 0.5) is 8.78 Å². The molecule has 4 rings (SSSR count). The number of aliphatic hydroxyl groups excluding tert-OH is 2. The van der Waals surface area contributed by atoms with Crippen molar-refractivity contribution in [3.05, 3.63) is 131 Å². The molecule has 2 atom stereocenters. The van der Waals surface area contributed by atoms with Gasteiger partial charge < -0.3 is 19.7 Å². The van der Waals surface area contributed by atoms with Gasteiger partial charge in [0.2, 0.25) is 0 Å². The predicted octanol–water partition coefficient (Wildman–Crippen LogP) is 9.24. The van der Waals surface area contributed by atoms with Crippen LogP contribution in [0.1, 0.15) is 73.5 Å². The molecule has 224 valence electrons. The Balaban J connectivity index is 0.000000235. The number of rotatable bonds is 14. The van der Waals surface area contributed by atoms with Gasteiger partial charge in [0.1, 0.15) is 13.2 Å². The van der Waals surface area contributed by atoms with Crippen molar-refractivity contribution in [3.63, 3.8) is 0 Å². The van der Waals surface area contributed by atoms with Gasteiger partial charge in [0.25, 0.3) is 0 Å². The molecule has 0 amide bonds. The first kappa shape index (κ1) is 33.2. The Morgan fingerprint density at radius 3 is 1.55 bits per heavy atom. The van der Waals surface area contributed by atoms with Gasteiger partial charge >= 0.3 is 0 Å². The Morgan fingerprint density at radius 1 is 0.619 bits per heavy atom. The molecule has 2 N–H and O–H groups in total. The second kappa shape index (κ2) is 18.3. The molecule has 0 unspecified atom stereocenters. The van der Waals surface area contributed by atoms with Gasteiger partial charge in [-0.1, -0.05) is 133 Å². The highest BCUT2D eigenvalue weighted by molar-refractivity contribution is 9.09.